The first-order valence-corrected chi connectivity index (χ1v) is 8.96. The normalized spacial score (nSPS) is 19.2. The highest BCUT2D eigenvalue weighted by molar-refractivity contribution is 6.45. The molecule has 6 nitrogen and oxygen atoms in total. The number of benzene rings is 1. The molecule has 1 amide bonds. The monoisotopic (exact) mass is 375 g/mol. The fraction of sp³-hybridized carbons (Fsp3) is 0.353. The first-order valence-electron chi connectivity index (χ1n) is 8.21. The lowest BCUT2D eigenvalue weighted by atomic mass is 9.96. The van der Waals surface area contributed by atoms with Gasteiger partial charge >= 0.3 is 0 Å². The Morgan fingerprint density at radius 1 is 1.36 bits per heavy atom. The number of aryl methyl sites for hydroxylation is 2. The van der Waals surface area contributed by atoms with Crippen LogP contribution in [0.5, 0.6) is 0 Å². The van der Waals surface area contributed by atoms with Gasteiger partial charge in [-0.3, -0.25) is 4.79 Å². The van der Waals surface area contributed by atoms with Gasteiger partial charge in [0.05, 0.1) is 28.2 Å². The molecule has 0 bridgehead atoms. The lowest BCUT2D eigenvalue weighted by molar-refractivity contribution is -0.120. The van der Waals surface area contributed by atoms with E-state index in [9.17, 15) is 4.79 Å². The molecule has 128 valence electrons. The number of hydrogen-bond donors (Lipinski definition) is 1. The van der Waals surface area contributed by atoms with E-state index in [-0.39, 0.29) is 5.91 Å². The van der Waals surface area contributed by atoms with Crippen molar-refractivity contribution in [1.29, 1.82) is 0 Å². The van der Waals surface area contributed by atoms with Gasteiger partial charge in [0.1, 0.15) is 5.69 Å². The highest BCUT2D eigenvalue weighted by Crippen LogP contribution is 2.47. The van der Waals surface area contributed by atoms with Crippen molar-refractivity contribution in [3.63, 3.8) is 0 Å². The van der Waals surface area contributed by atoms with E-state index in [2.05, 4.69) is 20.1 Å². The fourth-order valence-electron chi connectivity index (χ4n) is 4.21. The van der Waals surface area contributed by atoms with Crippen LogP contribution < -0.4 is 5.32 Å². The molecule has 2 aromatic heterocycles. The Kier molecular flexibility index (Phi) is 3.18. The molecule has 5 rings (SSSR count). The molecule has 3 aromatic rings. The molecule has 25 heavy (non-hydrogen) atoms. The number of aromatic nitrogens is 4. The largest absolute Gasteiger partial charge is 0.355 e. The number of nitrogens with one attached hydrogen (secondary N) is 1. The number of hydrogen-bond acceptors (Lipinski definition) is 3. The van der Waals surface area contributed by atoms with Gasteiger partial charge in [0.25, 0.3) is 0 Å². The molecule has 0 aliphatic carbocycles. The Labute approximate surface area is 153 Å². The van der Waals surface area contributed by atoms with E-state index >= 15 is 0 Å². The number of fused-ring (bicyclic) bond motifs is 3. The topological polar surface area (TPSA) is 64.7 Å². The molecular formula is C17H15Cl2N5O. The summed E-state index contributed by atoms with van der Waals surface area (Å²) in [6.45, 7) is 1.56. The maximum atomic E-state index is 12.3. The molecule has 0 spiro atoms. The van der Waals surface area contributed by atoms with Gasteiger partial charge < -0.3 is 9.88 Å². The van der Waals surface area contributed by atoms with Gasteiger partial charge in [0.15, 0.2) is 0 Å². The summed E-state index contributed by atoms with van der Waals surface area (Å²) in [6, 6.07) is 1.83. The van der Waals surface area contributed by atoms with Gasteiger partial charge in [-0.1, -0.05) is 23.2 Å². The van der Waals surface area contributed by atoms with Crippen molar-refractivity contribution >= 4 is 40.0 Å². The zero-order valence-electron chi connectivity index (χ0n) is 13.5. The summed E-state index contributed by atoms with van der Waals surface area (Å²) in [5.74, 6) is 0.360. The molecule has 4 heterocycles. The summed E-state index contributed by atoms with van der Waals surface area (Å²) in [6.07, 6.45) is 3.06. The third kappa shape index (κ3) is 2.07. The minimum absolute atomic E-state index is 0.0425. The SMILES string of the molecule is Cn1ncc(-c2cc(Cl)c(Cl)c3c2c2c4n3CCC4CNC(=O)C2)n1. The van der Waals surface area contributed by atoms with E-state index in [1.54, 1.807) is 13.2 Å². The Hall–Kier alpha value is -2.05. The average Bonchev–Trinajstić information content (AvgIpc) is 3.23. The van der Waals surface area contributed by atoms with Crippen molar-refractivity contribution < 1.29 is 4.79 Å². The highest BCUT2D eigenvalue weighted by Gasteiger charge is 2.35. The molecule has 0 saturated heterocycles. The van der Waals surface area contributed by atoms with E-state index < -0.39 is 0 Å². The van der Waals surface area contributed by atoms with Crippen LogP contribution in [0.1, 0.15) is 23.6 Å². The second-order valence-corrected chi connectivity index (χ2v) is 7.43. The van der Waals surface area contributed by atoms with Gasteiger partial charge in [-0.25, -0.2) is 0 Å². The standard InChI is InChI=1S/C17H15Cl2N5O/c1-23-21-7-12(22-23)9-4-11(18)15(19)17-14(9)10-5-13(25)20-6-8-2-3-24(17)16(8)10/h4,7-8H,2-3,5-6H2,1H3,(H,20,25). The van der Waals surface area contributed by atoms with Gasteiger partial charge in [-0.2, -0.15) is 15.0 Å². The molecule has 2 aliphatic rings. The third-order valence-electron chi connectivity index (χ3n) is 5.21. The molecule has 8 heteroatoms. The summed E-state index contributed by atoms with van der Waals surface area (Å²) >= 11 is 13.0. The number of rotatable bonds is 1. The van der Waals surface area contributed by atoms with E-state index in [0.717, 1.165) is 40.7 Å². The minimum Gasteiger partial charge on any atom is -0.355 e. The van der Waals surface area contributed by atoms with Crippen molar-refractivity contribution in [2.45, 2.75) is 25.3 Å². The van der Waals surface area contributed by atoms with Crippen molar-refractivity contribution in [1.82, 2.24) is 24.9 Å². The van der Waals surface area contributed by atoms with E-state index in [4.69, 9.17) is 23.2 Å². The zero-order valence-corrected chi connectivity index (χ0v) is 15.0. The lowest BCUT2D eigenvalue weighted by Crippen LogP contribution is -2.25. The molecule has 0 fully saturated rings. The summed E-state index contributed by atoms with van der Waals surface area (Å²) in [5.41, 5.74) is 4.78. The number of carbonyl (C=O) groups excluding carboxylic acids is 1. The van der Waals surface area contributed by atoms with Crippen molar-refractivity contribution in [2.24, 2.45) is 7.05 Å². The summed E-state index contributed by atoms with van der Waals surface area (Å²) in [4.78, 5) is 13.8. The van der Waals surface area contributed by atoms with Crippen LogP contribution in [0.3, 0.4) is 0 Å². The van der Waals surface area contributed by atoms with Crippen LogP contribution in [0.2, 0.25) is 10.0 Å². The summed E-state index contributed by atoms with van der Waals surface area (Å²) in [7, 11) is 1.77. The van der Waals surface area contributed by atoms with E-state index in [1.165, 1.54) is 10.5 Å². The third-order valence-corrected chi connectivity index (χ3v) is 5.99. The second-order valence-electron chi connectivity index (χ2n) is 6.64. The first-order chi connectivity index (χ1) is 12.0. The summed E-state index contributed by atoms with van der Waals surface area (Å²) in [5, 5.41) is 13.6. The van der Waals surface area contributed by atoms with Crippen LogP contribution in [0.25, 0.3) is 22.2 Å². The van der Waals surface area contributed by atoms with Crippen LogP contribution in [0.4, 0.5) is 0 Å². The number of amides is 1. The van der Waals surface area contributed by atoms with Gasteiger partial charge in [-0.15, -0.1) is 0 Å². The molecule has 1 N–H and O–H groups in total. The van der Waals surface area contributed by atoms with Gasteiger partial charge in [0.2, 0.25) is 5.91 Å². The minimum atomic E-state index is 0.0425. The van der Waals surface area contributed by atoms with Crippen LogP contribution in [0, 0.1) is 0 Å². The maximum Gasteiger partial charge on any atom is 0.224 e. The average molecular weight is 376 g/mol. The fourth-order valence-corrected chi connectivity index (χ4v) is 4.66. The number of halogens is 2. The van der Waals surface area contributed by atoms with E-state index in [1.807, 2.05) is 6.07 Å². The first kappa shape index (κ1) is 15.2. The number of carbonyl (C=O) groups is 1. The molecule has 1 unspecified atom stereocenters. The molecule has 1 aromatic carbocycles. The lowest BCUT2D eigenvalue weighted by Gasteiger charge is -2.08. The molecule has 0 saturated carbocycles. The van der Waals surface area contributed by atoms with Gasteiger partial charge in [0, 0.05) is 42.7 Å². The molecular weight excluding hydrogens is 361 g/mol. The van der Waals surface area contributed by atoms with Crippen LogP contribution >= 0.6 is 23.2 Å². The molecule has 1 atom stereocenters. The smallest absolute Gasteiger partial charge is 0.224 e. The second kappa shape index (κ2) is 5.22. The van der Waals surface area contributed by atoms with Crippen molar-refractivity contribution in [2.75, 3.05) is 6.54 Å². The van der Waals surface area contributed by atoms with Crippen LogP contribution in [-0.2, 0) is 24.8 Å². The van der Waals surface area contributed by atoms with Crippen molar-refractivity contribution in [3.05, 3.63) is 33.6 Å². The Morgan fingerprint density at radius 3 is 2.96 bits per heavy atom. The van der Waals surface area contributed by atoms with Crippen LogP contribution in [-0.4, -0.2) is 32.0 Å². The van der Waals surface area contributed by atoms with Crippen molar-refractivity contribution in [3.8, 4) is 11.3 Å². The number of nitrogens with zero attached hydrogens (tertiary/aromatic N) is 4. The predicted molar refractivity (Wildman–Crippen MR) is 96.0 cm³/mol. The highest BCUT2D eigenvalue weighted by atomic mass is 35.5. The molecule has 0 radical (unpaired) electrons. The Balaban J connectivity index is 1.93. The molecule has 2 aliphatic heterocycles. The summed E-state index contributed by atoms with van der Waals surface area (Å²) < 4.78 is 2.24. The van der Waals surface area contributed by atoms with Crippen LogP contribution in [0.15, 0.2) is 12.3 Å². The maximum absolute atomic E-state index is 12.3. The Morgan fingerprint density at radius 2 is 2.20 bits per heavy atom. The predicted octanol–water partition coefficient (Wildman–Crippen LogP) is 2.90. The van der Waals surface area contributed by atoms with E-state index in [0.29, 0.717) is 28.9 Å². The van der Waals surface area contributed by atoms with Gasteiger partial charge in [-0.05, 0) is 18.1 Å². The quantitative estimate of drug-likeness (QED) is 0.710. The Bertz CT molecular complexity index is 1050. The zero-order chi connectivity index (χ0) is 17.3.